The van der Waals surface area contributed by atoms with Gasteiger partial charge in [0.15, 0.2) is 11.0 Å². The van der Waals surface area contributed by atoms with E-state index in [1.165, 1.54) is 0 Å². The summed E-state index contributed by atoms with van der Waals surface area (Å²) in [6.07, 6.45) is 5.32. The normalized spacial score (nSPS) is 10.6. The molecule has 6 nitrogen and oxygen atoms in total. The Hall–Kier alpha value is -2.93. The zero-order chi connectivity index (χ0) is 19.2. The number of thioether (sulfide) groups is 1. The third-order valence-corrected chi connectivity index (χ3v) is 4.98. The van der Waals surface area contributed by atoms with E-state index in [2.05, 4.69) is 21.8 Å². The van der Waals surface area contributed by atoms with E-state index in [4.69, 9.17) is 0 Å². The number of pyridine rings is 1. The van der Waals surface area contributed by atoms with Crippen LogP contribution in [0.2, 0.25) is 0 Å². The molecule has 1 amide bonds. The lowest BCUT2D eigenvalue weighted by molar-refractivity contribution is 0.0827. The lowest BCUT2D eigenvalue weighted by atomic mass is 10.1. The number of amides is 1. The van der Waals surface area contributed by atoms with Gasteiger partial charge in [-0.3, -0.25) is 14.3 Å². The van der Waals surface area contributed by atoms with Crippen LogP contribution in [0, 0.1) is 0 Å². The lowest BCUT2D eigenvalue weighted by Gasteiger charge is -2.10. The van der Waals surface area contributed by atoms with Crippen LogP contribution in [0.15, 0.2) is 66.6 Å². The summed E-state index contributed by atoms with van der Waals surface area (Å²) in [4.78, 5) is 17.6. The molecule has 0 unspecified atom stereocenters. The molecule has 0 aliphatic rings. The SMILES string of the molecule is C=CCn1c(SCc2ccc(C(=O)N(C)C)cc2)nnc1-c1ccncc1. The predicted octanol–water partition coefficient (Wildman–Crippen LogP) is 3.52. The molecule has 0 N–H and O–H groups in total. The Morgan fingerprint density at radius 1 is 1.15 bits per heavy atom. The summed E-state index contributed by atoms with van der Waals surface area (Å²) < 4.78 is 2.04. The van der Waals surface area contributed by atoms with Gasteiger partial charge in [-0.15, -0.1) is 16.8 Å². The van der Waals surface area contributed by atoms with Gasteiger partial charge in [-0.25, -0.2) is 0 Å². The van der Waals surface area contributed by atoms with Crippen LogP contribution in [0.3, 0.4) is 0 Å². The molecule has 0 saturated heterocycles. The van der Waals surface area contributed by atoms with E-state index in [1.807, 2.05) is 47.0 Å². The van der Waals surface area contributed by atoms with Crippen molar-refractivity contribution in [3.05, 3.63) is 72.6 Å². The number of aromatic nitrogens is 4. The van der Waals surface area contributed by atoms with Gasteiger partial charge in [0.1, 0.15) is 0 Å². The van der Waals surface area contributed by atoms with Gasteiger partial charge in [0.2, 0.25) is 0 Å². The first-order valence-corrected chi connectivity index (χ1v) is 9.46. The number of hydrogen-bond acceptors (Lipinski definition) is 5. The maximum atomic E-state index is 12.0. The maximum Gasteiger partial charge on any atom is 0.253 e. The summed E-state index contributed by atoms with van der Waals surface area (Å²) in [5, 5.41) is 9.51. The van der Waals surface area contributed by atoms with Crippen LogP contribution in [0.5, 0.6) is 0 Å². The van der Waals surface area contributed by atoms with E-state index in [0.717, 1.165) is 27.9 Å². The molecule has 0 aliphatic heterocycles. The van der Waals surface area contributed by atoms with Crippen molar-refractivity contribution >= 4 is 17.7 Å². The molecule has 0 spiro atoms. The fraction of sp³-hybridized carbons (Fsp3) is 0.200. The second-order valence-electron chi connectivity index (χ2n) is 6.13. The zero-order valence-corrected chi connectivity index (χ0v) is 16.2. The molecule has 138 valence electrons. The van der Waals surface area contributed by atoms with Crippen molar-refractivity contribution in [3.63, 3.8) is 0 Å². The average Bonchev–Trinajstić information content (AvgIpc) is 3.10. The molecule has 0 radical (unpaired) electrons. The lowest BCUT2D eigenvalue weighted by Crippen LogP contribution is -2.21. The molecule has 7 heteroatoms. The van der Waals surface area contributed by atoms with Gasteiger partial charge < -0.3 is 4.90 Å². The zero-order valence-electron chi connectivity index (χ0n) is 15.4. The summed E-state index contributed by atoms with van der Waals surface area (Å²) in [6, 6.07) is 11.5. The quantitative estimate of drug-likeness (QED) is 0.464. The van der Waals surface area contributed by atoms with Gasteiger partial charge in [-0.1, -0.05) is 30.0 Å². The highest BCUT2D eigenvalue weighted by Gasteiger charge is 2.14. The molecular weight excluding hydrogens is 358 g/mol. The van der Waals surface area contributed by atoms with E-state index in [-0.39, 0.29) is 5.91 Å². The summed E-state index contributed by atoms with van der Waals surface area (Å²) >= 11 is 1.61. The standard InChI is InChI=1S/C20H21N5OS/c1-4-13-25-18(16-9-11-21-12-10-16)22-23-20(25)27-14-15-5-7-17(8-6-15)19(26)24(2)3/h4-12H,1,13-14H2,2-3H3. The van der Waals surface area contributed by atoms with Gasteiger partial charge in [-0.2, -0.15) is 0 Å². The molecule has 3 rings (SSSR count). The second kappa shape index (κ2) is 8.64. The Morgan fingerprint density at radius 3 is 2.48 bits per heavy atom. The van der Waals surface area contributed by atoms with E-state index in [1.54, 1.807) is 43.2 Å². The van der Waals surface area contributed by atoms with Gasteiger partial charge in [0, 0.05) is 49.9 Å². The summed E-state index contributed by atoms with van der Waals surface area (Å²) in [7, 11) is 3.50. The van der Waals surface area contributed by atoms with Crippen molar-refractivity contribution in [2.24, 2.45) is 0 Å². The minimum absolute atomic E-state index is 0.00178. The number of hydrogen-bond donors (Lipinski definition) is 0. The van der Waals surface area contributed by atoms with Crippen LogP contribution >= 0.6 is 11.8 Å². The smallest absolute Gasteiger partial charge is 0.253 e. The van der Waals surface area contributed by atoms with Gasteiger partial charge in [0.25, 0.3) is 5.91 Å². The number of carbonyl (C=O) groups excluding carboxylic acids is 1. The van der Waals surface area contributed by atoms with E-state index < -0.39 is 0 Å². The molecular formula is C20H21N5OS. The summed E-state index contributed by atoms with van der Waals surface area (Å²) in [6.45, 7) is 4.46. The summed E-state index contributed by atoms with van der Waals surface area (Å²) in [5.74, 6) is 1.54. The fourth-order valence-corrected chi connectivity index (χ4v) is 3.46. The Labute approximate surface area is 163 Å². The molecule has 2 aromatic heterocycles. The van der Waals surface area contributed by atoms with Crippen LogP contribution in [0.25, 0.3) is 11.4 Å². The van der Waals surface area contributed by atoms with Crippen molar-refractivity contribution in [3.8, 4) is 11.4 Å². The van der Waals surface area contributed by atoms with Gasteiger partial charge >= 0.3 is 0 Å². The minimum atomic E-state index is 0.00178. The van der Waals surface area contributed by atoms with Crippen molar-refractivity contribution in [2.75, 3.05) is 14.1 Å². The molecule has 27 heavy (non-hydrogen) atoms. The molecule has 0 bridgehead atoms. The molecule has 0 aliphatic carbocycles. The topological polar surface area (TPSA) is 63.9 Å². The molecule has 0 fully saturated rings. The number of rotatable bonds is 7. The average molecular weight is 379 g/mol. The van der Waals surface area contributed by atoms with Crippen molar-refractivity contribution in [1.82, 2.24) is 24.6 Å². The van der Waals surface area contributed by atoms with Crippen molar-refractivity contribution in [1.29, 1.82) is 0 Å². The second-order valence-corrected chi connectivity index (χ2v) is 7.07. The number of allylic oxidation sites excluding steroid dienone is 1. The third kappa shape index (κ3) is 4.43. The van der Waals surface area contributed by atoms with E-state index >= 15 is 0 Å². The molecule has 0 atom stereocenters. The predicted molar refractivity (Wildman–Crippen MR) is 107 cm³/mol. The molecule has 3 aromatic rings. The first-order chi connectivity index (χ1) is 13.1. The van der Waals surface area contributed by atoms with Gasteiger partial charge in [-0.05, 0) is 29.8 Å². The fourth-order valence-electron chi connectivity index (χ4n) is 2.55. The molecule has 2 heterocycles. The van der Waals surface area contributed by atoms with Crippen molar-refractivity contribution in [2.45, 2.75) is 17.5 Å². The minimum Gasteiger partial charge on any atom is -0.345 e. The van der Waals surface area contributed by atoms with Crippen LogP contribution in [0.1, 0.15) is 15.9 Å². The van der Waals surface area contributed by atoms with Crippen molar-refractivity contribution < 1.29 is 4.79 Å². The Balaban J connectivity index is 1.75. The van der Waals surface area contributed by atoms with E-state index in [0.29, 0.717) is 12.1 Å². The molecule has 0 saturated carbocycles. The maximum absolute atomic E-state index is 12.0. The molecule has 1 aromatic carbocycles. The van der Waals surface area contributed by atoms with Crippen LogP contribution < -0.4 is 0 Å². The number of benzene rings is 1. The van der Waals surface area contributed by atoms with Crippen LogP contribution in [-0.2, 0) is 12.3 Å². The highest BCUT2D eigenvalue weighted by molar-refractivity contribution is 7.98. The number of nitrogens with zero attached hydrogens (tertiary/aromatic N) is 5. The monoisotopic (exact) mass is 379 g/mol. The largest absolute Gasteiger partial charge is 0.345 e. The number of carbonyl (C=O) groups is 1. The third-order valence-electron chi connectivity index (χ3n) is 3.94. The Kier molecular flexibility index (Phi) is 6.03. The van der Waals surface area contributed by atoms with Crippen LogP contribution in [0.4, 0.5) is 0 Å². The highest BCUT2D eigenvalue weighted by atomic mass is 32.2. The van der Waals surface area contributed by atoms with Gasteiger partial charge in [0.05, 0.1) is 0 Å². The van der Waals surface area contributed by atoms with Crippen LogP contribution in [-0.4, -0.2) is 44.7 Å². The highest BCUT2D eigenvalue weighted by Crippen LogP contribution is 2.26. The first-order valence-electron chi connectivity index (χ1n) is 8.48. The first kappa shape index (κ1) is 18.8. The summed E-state index contributed by atoms with van der Waals surface area (Å²) in [5.41, 5.74) is 2.77. The Bertz CT molecular complexity index is 919. The Morgan fingerprint density at radius 2 is 1.85 bits per heavy atom. The van der Waals surface area contributed by atoms with E-state index in [9.17, 15) is 4.79 Å².